The van der Waals surface area contributed by atoms with Crippen LogP contribution in [0.4, 0.5) is 0 Å². The summed E-state index contributed by atoms with van der Waals surface area (Å²) in [5.74, 6) is 0.549. The molecule has 7 heteroatoms. The Balaban J connectivity index is 1.60. The van der Waals surface area contributed by atoms with E-state index in [1.807, 2.05) is 30.3 Å². The monoisotopic (exact) mass is 343 g/mol. The first kappa shape index (κ1) is 16.3. The summed E-state index contributed by atoms with van der Waals surface area (Å²) in [6.45, 7) is 3.82. The molecule has 2 aromatic heterocycles. The van der Waals surface area contributed by atoms with Crippen molar-refractivity contribution in [3.63, 3.8) is 0 Å². The Morgan fingerprint density at radius 1 is 1.38 bits per heavy atom. The molecule has 0 saturated heterocycles. The molecule has 2 N–H and O–H groups in total. The molecule has 0 saturated carbocycles. The Labute approximate surface area is 142 Å². The summed E-state index contributed by atoms with van der Waals surface area (Å²) < 4.78 is 5.67. The van der Waals surface area contributed by atoms with E-state index in [4.69, 9.17) is 4.42 Å². The van der Waals surface area contributed by atoms with Crippen LogP contribution >= 0.6 is 11.8 Å². The number of rotatable bonds is 5. The number of thioether (sulfide) groups is 1. The molecule has 0 aliphatic rings. The van der Waals surface area contributed by atoms with Crippen molar-refractivity contribution in [1.29, 1.82) is 0 Å². The minimum Gasteiger partial charge on any atom is -0.459 e. The maximum absolute atomic E-state index is 12.2. The molecule has 0 fully saturated rings. The van der Waals surface area contributed by atoms with Gasteiger partial charge in [0.25, 0.3) is 5.56 Å². The zero-order valence-electron chi connectivity index (χ0n) is 13.3. The highest BCUT2D eigenvalue weighted by Crippen LogP contribution is 2.20. The van der Waals surface area contributed by atoms with Gasteiger partial charge < -0.3 is 14.7 Å². The topological polar surface area (TPSA) is 88.0 Å². The molecule has 3 rings (SSSR count). The number of aromatic amines is 1. The molecule has 0 unspecified atom stereocenters. The predicted octanol–water partition coefficient (Wildman–Crippen LogP) is 2.62. The molecule has 0 spiro atoms. The number of carbonyl (C=O) groups is 1. The molecule has 124 valence electrons. The van der Waals surface area contributed by atoms with Crippen molar-refractivity contribution in [2.24, 2.45) is 0 Å². The molecule has 24 heavy (non-hydrogen) atoms. The summed E-state index contributed by atoms with van der Waals surface area (Å²) in [5, 5.41) is 3.89. The number of carbonyl (C=O) groups excluding carboxylic acids is 1. The van der Waals surface area contributed by atoms with Crippen LogP contribution < -0.4 is 10.9 Å². The molecule has 3 aromatic rings. The first-order chi connectivity index (χ1) is 11.5. The van der Waals surface area contributed by atoms with Crippen molar-refractivity contribution >= 4 is 28.6 Å². The van der Waals surface area contributed by atoms with Gasteiger partial charge in [-0.05, 0) is 26.0 Å². The van der Waals surface area contributed by atoms with Crippen LogP contribution in [0.15, 0.2) is 50.8 Å². The lowest BCUT2D eigenvalue weighted by molar-refractivity contribution is -0.120. The van der Waals surface area contributed by atoms with Crippen LogP contribution in [0.5, 0.6) is 0 Å². The first-order valence-electron chi connectivity index (χ1n) is 7.51. The Bertz CT molecular complexity index is 899. The van der Waals surface area contributed by atoms with E-state index in [1.54, 1.807) is 13.8 Å². The number of aromatic nitrogens is 2. The number of nitrogens with one attached hydrogen (secondary N) is 2. The van der Waals surface area contributed by atoms with Crippen LogP contribution in [0.1, 0.15) is 18.4 Å². The van der Waals surface area contributed by atoms with E-state index >= 15 is 0 Å². The molecule has 0 aliphatic carbocycles. The molecule has 2 heterocycles. The molecular weight excluding hydrogens is 326 g/mol. The molecule has 6 nitrogen and oxygen atoms in total. The normalized spacial score (nSPS) is 12.2. The lowest BCUT2D eigenvalue weighted by Gasteiger charge is -2.10. The SMILES string of the molecule is Cc1cc(=O)[nH]c(S[C@@H](C)C(=O)NCc2cc3ccccc3o2)n1. The van der Waals surface area contributed by atoms with E-state index in [0.29, 0.717) is 23.2 Å². The summed E-state index contributed by atoms with van der Waals surface area (Å²) in [6.07, 6.45) is 0. The van der Waals surface area contributed by atoms with Crippen LogP contribution in [-0.4, -0.2) is 21.1 Å². The fourth-order valence-corrected chi connectivity index (χ4v) is 3.15. The van der Waals surface area contributed by atoms with E-state index in [-0.39, 0.29) is 16.7 Å². The van der Waals surface area contributed by atoms with Gasteiger partial charge in [-0.1, -0.05) is 30.0 Å². The second-order valence-electron chi connectivity index (χ2n) is 5.42. The van der Waals surface area contributed by atoms with Gasteiger partial charge in [0.15, 0.2) is 5.16 Å². The number of para-hydroxylation sites is 1. The van der Waals surface area contributed by atoms with Crippen LogP contribution in [0.3, 0.4) is 0 Å². The van der Waals surface area contributed by atoms with Gasteiger partial charge in [-0.2, -0.15) is 0 Å². The summed E-state index contributed by atoms with van der Waals surface area (Å²) in [4.78, 5) is 30.5. The minimum atomic E-state index is -0.390. The molecule has 1 aromatic carbocycles. The van der Waals surface area contributed by atoms with Gasteiger partial charge >= 0.3 is 0 Å². The quantitative estimate of drug-likeness (QED) is 0.549. The van der Waals surface area contributed by atoms with Crippen molar-refractivity contribution in [2.45, 2.75) is 30.8 Å². The molecular formula is C17H17N3O3S. The van der Waals surface area contributed by atoms with E-state index in [9.17, 15) is 9.59 Å². The summed E-state index contributed by atoms with van der Waals surface area (Å²) in [6, 6.07) is 11.0. The molecule has 1 atom stereocenters. The lowest BCUT2D eigenvalue weighted by Crippen LogP contribution is -2.30. The maximum Gasteiger partial charge on any atom is 0.251 e. The van der Waals surface area contributed by atoms with Crippen LogP contribution in [-0.2, 0) is 11.3 Å². The van der Waals surface area contributed by atoms with Crippen LogP contribution in [0.25, 0.3) is 11.0 Å². The van der Waals surface area contributed by atoms with Gasteiger partial charge in [-0.3, -0.25) is 9.59 Å². The fourth-order valence-electron chi connectivity index (χ4n) is 2.27. The molecule has 0 bridgehead atoms. The number of nitrogens with zero attached hydrogens (tertiary/aromatic N) is 1. The number of H-pyrrole nitrogens is 1. The van der Waals surface area contributed by atoms with Crippen molar-refractivity contribution in [3.05, 3.63) is 58.2 Å². The van der Waals surface area contributed by atoms with Gasteiger partial charge in [0.2, 0.25) is 5.91 Å². The van der Waals surface area contributed by atoms with Gasteiger partial charge in [0, 0.05) is 17.1 Å². The van der Waals surface area contributed by atoms with Crippen molar-refractivity contribution in [3.8, 4) is 0 Å². The average molecular weight is 343 g/mol. The number of fused-ring (bicyclic) bond motifs is 1. The lowest BCUT2D eigenvalue weighted by atomic mass is 10.2. The van der Waals surface area contributed by atoms with Gasteiger partial charge in [-0.25, -0.2) is 4.98 Å². The molecule has 0 radical (unpaired) electrons. The summed E-state index contributed by atoms with van der Waals surface area (Å²) >= 11 is 1.21. The largest absolute Gasteiger partial charge is 0.459 e. The number of hydrogen-bond acceptors (Lipinski definition) is 5. The number of furan rings is 1. The number of amides is 1. The third-order valence-electron chi connectivity index (χ3n) is 3.42. The average Bonchev–Trinajstić information content (AvgIpc) is 2.94. The molecule has 0 aliphatic heterocycles. The minimum absolute atomic E-state index is 0.149. The summed E-state index contributed by atoms with van der Waals surface area (Å²) in [5.41, 5.74) is 1.20. The number of benzene rings is 1. The van der Waals surface area contributed by atoms with E-state index in [0.717, 1.165) is 11.0 Å². The van der Waals surface area contributed by atoms with Crippen molar-refractivity contribution < 1.29 is 9.21 Å². The zero-order chi connectivity index (χ0) is 17.1. The van der Waals surface area contributed by atoms with Gasteiger partial charge in [0.05, 0.1) is 11.8 Å². The Morgan fingerprint density at radius 3 is 2.92 bits per heavy atom. The third kappa shape index (κ3) is 3.86. The van der Waals surface area contributed by atoms with Gasteiger partial charge in [-0.15, -0.1) is 0 Å². The molecule has 1 amide bonds. The highest BCUT2D eigenvalue weighted by Gasteiger charge is 2.16. The van der Waals surface area contributed by atoms with Crippen molar-refractivity contribution in [1.82, 2.24) is 15.3 Å². The van der Waals surface area contributed by atoms with Gasteiger partial charge in [0.1, 0.15) is 11.3 Å². The maximum atomic E-state index is 12.2. The zero-order valence-corrected chi connectivity index (χ0v) is 14.1. The Morgan fingerprint density at radius 2 is 2.17 bits per heavy atom. The Hall–Kier alpha value is -2.54. The second kappa shape index (κ2) is 6.92. The third-order valence-corrected chi connectivity index (χ3v) is 4.40. The fraction of sp³-hybridized carbons (Fsp3) is 0.235. The standard InChI is InChI=1S/C17H17N3O3S/c1-10-7-15(21)20-17(19-10)24-11(2)16(22)18-9-13-8-12-5-3-4-6-14(12)23-13/h3-8,11H,9H2,1-2H3,(H,18,22)(H,19,20,21)/t11-/m0/s1. The Kier molecular flexibility index (Phi) is 4.71. The van der Waals surface area contributed by atoms with E-state index < -0.39 is 0 Å². The van der Waals surface area contributed by atoms with E-state index in [1.165, 1.54) is 17.8 Å². The van der Waals surface area contributed by atoms with Crippen LogP contribution in [0, 0.1) is 6.92 Å². The van der Waals surface area contributed by atoms with Crippen LogP contribution in [0.2, 0.25) is 0 Å². The predicted molar refractivity (Wildman–Crippen MR) is 93.0 cm³/mol. The smallest absolute Gasteiger partial charge is 0.251 e. The summed E-state index contributed by atoms with van der Waals surface area (Å²) in [7, 11) is 0. The van der Waals surface area contributed by atoms with Crippen molar-refractivity contribution in [2.75, 3.05) is 0 Å². The highest BCUT2D eigenvalue weighted by molar-refractivity contribution is 8.00. The number of hydrogen-bond donors (Lipinski definition) is 2. The second-order valence-corrected chi connectivity index (χ2v) is 6.75. The van der Waals surface area contributed by atoms with E-state index in [2.05, 4.69) is 15.3 Å². The highest BCUT2D eigenvalue weighted by atomic mass is 32.2. The number of aryl methyl sites for hydroxylation is 1. The first-order valence-corrected chi connectivity index (χ1v) is 8.39.